The lowest BCUT2D eigenvalue weighted by molar-refractivity contribution is -0.137. The van der Waals surface area contributed by atoms with Gasteiger partial charge >= 0.3 is 6.18 Å². The van der Waals surface area contributed by atoms with Crippen LogP contribution >= 0.6 is 0 Å². The molecule has 0 unspecified atom stereocenters. The first-order valence-corrected chi connectivity index (χ1v) is 8.19. The van der Waals surface area contributed by atoms with E-state index >= 15 is 0 Å². The Labute approximate surface area is 178 Å². The van der Waals surface area contributed by atoms with Crippen molar-refractivity contribution in [2.75, 3.05) is 0 Å². The summed E-state index contributed by atoms with van der Waals surface area (Å²) in [5.41, 5.74) is -5.30. The second-order valence-corrected chi connectivity index (χ2v) is 5.92. The Balaban J connectivity index is 3.30. The predicted molar refractivity (Wildman–Crippen MR) is 98.8 cm³/mol. The molecule has 2 aromatic carbocycles. The van der Waals surface area contributed by atoms with Gasteiger partial charge in [0.15, 0.2) is 0 Å². The van der Waals surface area contributed by atoms with Crippen LogP contribution in [0, 0.1) is 79.3 Å². The standard InChI is InChI=1S/C22H4F3N7/c23-22(24,25)20-4-14(6-27)13(5-26)3-18(20)19(11-32)21-15(7-28)1-12(2-16(21)8-29)17(9-30)10-31/h1-4H. The van der Waals surface area contributed by atoms with Gasteiger partial charge in [-0.05, 0) is 24.3 Å². The average molecular weight is 423 g/mol. The molecule has 2 rings (SSSR count). The van der Waals surface area contributed by atoms with Gasteiger partial charge < -0.3 is 0 Å². The van der Waals surface area contributed by atoms with Crippen molar-refractivity contribution in [1.29, 1.82) is 36.8 Å². The predicted octanol–water partition coefficient (Wildman–Crippen LogP) is 2.11. The van der Waals surface area contributed by atoms with Crippen molar-refractivity contribution in [3.8, 4) is 42.5 Å². The number of alkyl halides is 3. The van der Waals surface area contributed by atoms with E-state index in [0.717, 1.165) is 12.1 Å². The summed E-state index contributed by atoms with van der Waals surface area (Å²) in [7, 11) is 0. The van der Waals surface area contributed by atoms with Gasteiger partial charge in [-0.3, -0.25) is 0 Å². The van der Waals surface area contributed by atoms with Crippen LogP contribution < -0.4 is 10.4 Å². The Kier molecular flexibility index (Phi) is 6.26. The highest BCUT2D eigenvalue weighted by Gasteiger charge is 2.36. The number of halogens is 3. The molecule has 0 N–H and O–H groups in total. The van der Waals surface area contributed by atoms with Crippen LogP contribution in [0.3, 0.4) is 0 Å². The highest BCUT2D eigenvalue weighted by Crippen LogP contribution is 2.36. The molecule has 0 aliphatic heterocycles. The van der Waals surface area contributed by atoms with Gasteiger partial charge in [0.2, 0.25) is 0 Å². The fourth-order valence-electron chi connectivity index (χ4n) is 2.86. The lowest BCUT2D eigenvalue weighted by atomic mass is 9.90. The molecule has 0 atom stereocenters. The van der Waals surface area contributed by atoms with Gasteiger partial charge in [0.05, 0.1) is 45.5 Å². The van der Waals surface area contributed by atoms with Crippen molar-refractivity contribution in [3.63, 3.8) is 0 Å². The zero-order chi connectivity index (χ0) is 24.1. The molecule has 0 spiro atoms. The summed E-state index contributed by atoms with van der Waals surface area (Å²) < 4.78 is 41.2. The van der Waals surface area contributed by atoms with E-state index < -0.39 is 55.9 Å². The van der Waals surface area contributed by atoms with E-state index in [-0.39, 0.29) is 5.22 Å². The van der Waals surface area contributed by atoms with Crippen molar-refractivity contribution < 1.29 is 13.2 Å². The van der Waals surface area contributed by atoms with Crippen LogP contribution in [0.4, 0.5) is 13.2 Å². The Morgan fingerprint density at radius 1 is 0.625 bits per heavy atom. The van der Waals surface area contributed by atoms with E-state index in [1.54, 1.807) is 36.4 Å². The van der Waals surface area contributed by atoms with Gasteiger partial charge in [-0.25, -0.2) is 0 Å². The summed E-state index contributed by atoms with van der Waals surface area (Å²) in [6, 6.07) is 14.1. The molecule has 0 aromatic heterocycles. The molecule has 10 heteroatoms. The maximum absolute atomic E-state index is 13.7. The molecule has 0 aliphatic rings. The van der Waals surface area contributed by atoms with Crippen LogP contribution in [0.1, 0.15) is 33.4 Å². The molecule has 0 saturated carbocycles. The lowest BCUT2D eigenvalue weighted by Crippen LogP contribution is -2.23. The third kappa shape index (κ3) is 3.92. The average Bonchev–Trinajstić information content (AvgIpc) is 2.79. The van der Waals surface area contributed by atoms with Crippen LogP contribution in [0.5, 0.6) is 0 Å². The lowest BCUT2D eigenvalue weighted by Gasteiger charge is -2.14. The van der Waals surface area contributed by atoms with Gasteiger partial charge in [-0.2, -0.15) is 50.0 Å². The molecule has 0 heterocycles. The third-order valence-electron chi connectivity index (χ3n) is 4.23. The normalized spacial score (nSPS) is 9.50. The number of benzene rings is 2. The van der Waals surface area contributed by atoms with E-state index in [1.807, 2.05) is 0 Å². The minimum absolute atomic E-state index is 0.127. The maximum Gasteiger partial charge on any atom is 0.417 e. The quantitative estimate of drug-likeness (QED) is 0.677. The van der Waals surface area contributed by atoms with Crippen molar-refractivity contribution in [2.45, 2.75) is 6.18 Å². The van der Waals surface area contributed by atoms with Crippen molar-refractivity contribution in [3.05, 3.63) is 68.1 Å². The van der Waals surface area contributed by atoms with E-state index in [2.05, 4.69) is 0 Å². The van der Waals surface area contributed by atoms with Crippen LogP contribution in [-0.2, 0) is 6.18 Å². The van der Waals surface area contributed by atoms with Crippen LogP contribution in [0.15, 0.2) is 24.3 Å². The monoisotopic (exact) mass is 423 g/mol. The summed E-state index contributed by atoms with van der Waals surface area (Å²) in [5.74, 6) is 0. The van der Waals surface area contributed by atoms with E-state index in [4.69, 9.17) is 15.8 Å². The van der Waals surface area contributed by atoms with Crippen molar-refractivity contribution in [2.24, 2.45) is 0 Å². The van der Waals surface area contributed by atoms with Gasteiger partial charge in [0, 0.05) is 16.0 Å². The first kappa shape index (κ1) is 22.7. The summed E-state index contributed by atoms with van der Waals surface area (Å²) >= 11 is 0. The maximum atomic E-state index is 13.7. The summed E-state index contributed by atoms with van der Waals surface area (Å²) in [5, 5.41) is 64.5. The fraction of sp³-hybridized carbons (Fsp3) is 0.0455. The van der Waals surface area contributed by atoms with Crippen molar-refractivity contribution in [1.82, 2.24) is 0 Å². The van der Waals surface area contributed by atoms with Crippen LogP contribution in [-0.4, -0.2) is 0 Å². The van der Waals surface area contributed by atoms with Gasteiger partial charge in [-0.1, -0.05) is 0 Å². The zero-order valence-corrected chi connectivity index (χ0v) is 15.6. The molecule has 148 valence electrons. The van der Waals surface area contributed by atoms with E-state index in [1.165, 1.54) is 6.07 Å². The summed E-state index contributed by atoms with van der Waals surface area (Å²) in [6.45, 7) is 0. The highest BCUT2D eigenvalue weighted by molar-refractivity contribution is 5.82. The Bertz CT molecular complexity index is 1520. The molecule has 32 heavy (non-hydrogen) atoms. The van der Waals surface area contributed by atoms with Crippen molar-refractivity contribution >= 4 is 11.1 Å². The minimum Gasteiger partial charge on any atom is -0.192 e. The molecule has 0 saturated heterocycles. The zero-order valence-electron chi connectivity index (χ0n) is 15.6. The molecule has 2 aromatic rings. The molecule has 0 aliphatic carbocycles. The first-order chi connectivity index (χ1) is 15.2. The molecule has 0 bridgehead atoms. The smallest absolute Gasteiger partial charge is 0.192 e. The number of nitriles is 7. The second-order valence-electron chi connectivity index (χ2n) is 5.92. The van der Waals surface area contributed by atoms with Crippen LogP contribution in [0.2, 0.25) is 0 Å². The second kappa shape index (κ2) is 8.82. The molecule has 0 fully saturated rings. The van der Waals surface area contributed by atoms with E-state index in [9.17, 15) is 34.2 Å². The third-order valence-corrected chi connectivity index (χ3v) is 4.23. The molecular weight excluding hydrogens is 419 g/mol. The molecular formula is C22H4F3N7. The van der Waals surface area contributed by atoms with Gasteiger partial charge in [0.25, 0.3) is 0 Å². The highest BCUT2D eigenvalue weighted by atomic mass is 19.4. The topological polar surface area (TPSA) is 167 Å². The Morgan fingerprint density at radius 3 is 1.47 bits per heavy atom. The van der Waals surface area contributed by atoms with Gasteiger partial charge in [-0.15, -0.1) is 0 Å². The Hall–Kier alpha value is -5.60. The molecule has 7 nitrogen and oxygen atoms in total. The number of hydrogen-bond acceptors (Lipinski definition) is 7. The first-order valence-electron chi connectivity index (χ1n) is 8.19. The van der Waals surface area contributed by atoms with Crippen LogP contribution in [0.25, 0.3) is 11.1 Å². The number of rotatable bonds is 1. The SMILES string of the molecule is N#CC(C#N)=c1cc(C#N)c(=C(C#N)c2cc(C#N)c(C#N)cc2C(F)(F)F)c(C#N)c1. The minimum atomic E-state index is -5.04. The molecule has 0 amide bonds. The largest absolute Gasteiger partial charge is 0.417 e. The Morgan fingerprint density at radius 2 is 1.09 bits per heavy atom. The van der Waals surface area contributed by atoms with E-state index in [0.29, 0.717) is 12.1 Å². The number of nitrogens with zero attached hydrogens (tertiary/aromatic N) is 7. The summed E-state index contributed by atoms with van der Waals surface area (Å²) in [6.07, 6.45) is -5.04. The summed E-state index contributed by atoms with van der Waals surface area (Å²) in [4.78, 5) is 0. The molecule has 0 radical (unpaired) electrons. The van der Waals surface area contributed by atoms with Gasteiger partial charge in [0.1, 0.15) is 35.9 Å². The fourth-order valence-corrected chi connectivity index (χ4v) is 2.86. The number of hydrogen-bond donors (Lipinski definition) is 0.